The summed E-state index contributed by atoms with van der Waals surface area (Å²) in [5.74, 6) is 0.815. The largest absolute Gasteiger partial charge is 0.341 e. The van der Waals surface area contributed by atoms with Crippen LogP contribution < -0.4 is 0 Å². The molecule has 4 heteroatoms. The first kappa shape index (κ1) is 9.03. The van der Waals surface area contributed by atoms with Gasteiger partial charge in [-0.2, -0.15) is 0 Å². The van der Waals surface area contributed by atoms with E-state index in [1.165, 1.54) is 0 Å². The van der Waals surface area contributed by atoms with Crippen LogP contribution in [0.1, 0.15) is 18.1 Å². The van der Waals surface area contributed by atoms with E-state index in [9.17, 15) is 0 Å². The molecule has 1 aromatic heterocycles. The number of hydrogen-bond donors (Lipinski definition) is 1. The van der Waals surface area contributed by atoms with Crippen LogP contribution in [0, 0.1) is 0 Å². The second-order valence-corrected chi connectivity index (χ2v) is 4.47. The SMILES string of the molecule is C[C@H](Cl)c1nc2ccc(Br)cc2[nH]1. The highest BCUT2D eigenvalue weighted by atomic mass is 79.9. The van der Waals surface area contributed by atoms with Crippen LogP contribution in [-0.2, 0) is 0 Å². The molecular formula is C9H8BrClN2. The first-order chi connectivity index (χ1) is 6.16. The van der Waals surface area contributed by atoms with E-state index in [0.717, 1.165) is 21.3 Å². The summed E-state index contributed by atoms with van der Waals surface area (Å²) in [6.45, 7) is 1.90. The third-order valence-electron chi connectivity index (χ3n) is 1.84. The fourth-order valence-corrected chi connectivity index (χ4v) is 1.65. The number of alkyl halides is 1. The van der Waals surface area contributed by atoms with Crippen molar-refractivity contribution in [1.82, 2.24) is 9.97 Å². The quantitative estimate of drug-likeness (QED) is 0.779. The lowest BCUT2D eigenvalue weighted by Gasteiger charge is -1.93. The maximum Gasteiger partial charge on any atom is 0.125 e. The average molecular weight is 260 g/mol. The zero-order valence-corrected chi connectivity index (χ0v) is 9.35. The zero-order valence-electron chi connectivity index (χ0n) is 7.01. The molecule has 0 radical (unpaired) electrons. The van der Waals surface area contributed by atoms with Gasteiger partial charge in [0.05, 0.1) is 16.4 Å². The predicted octanol–water partition coefficient (Wildman–Crippen LogP) is 3.63. The number of nitrogens with one attached hydrogen (secondary N) is 1. The van der Waals surface area contributed by atoms with Crippen LogP contribution in [0.2, 0.25) is 0 Å². The molecule has 0 amide bonds. The third kappa shape index (κ3) is 1.71. The summed E-state index contributed by atoms with van der Waals surface area (Å²) in [5.41, 5.74) is 1.96. The van der Waals surface area contributed by atoms with Crippen molar-refractivity contribution in [2.24, 2.45) is 0 Å². The number of hydrogen-bond acceptors (Lipinski definition) is 1. The molecule has 68 valence electrons. The summed E-state index contributed by atoms with van der Waals surface area (Å²) >= 11 is 9.31. The van der Waals surface area contributed by atoms with Crippen molar-refractivity contribution >= 4 is 38.6 Å². The van der Waals surface area contributed by atoms with E-state index in [1.807, 2.05) is 25.1 Å². The summed E-state index contributed by atoms with van der Waals surface area (Å²) < 4.78 is 1.04. The topological polar surface area (TPSA) is 28.7 Å². The first-order valence-corrected chi connectivity index (χ1v) is 5.19. The monoisotopic (exact) mass is 258 g/mol. The highest BCUT2D eigenvalue weighted by Gasteiger charge is 2.07. The molecule has 0 unspecified atom stereocenters. The zero-order chi connectivity index (χ0) is 9.42. The molecule has 0 spiro atoms. The van der Waals surface area contributed by atoms with Crippen molar-refractivity contribution in [2.45, 2.75) is 12.3 Å². The molecule has 0 aliphatic carbocycles. The number of benzene rings is 1. The summed E-state index contributed by atoms with van der Waals surface area (Å²) in [5, 5.41) is -0.0776. The number of rotatable bonds is 1. The van der Waals surface area contributed by atoms with Gasteiger partial charge < -0.3 is 4.98 Å². The number of fused-ring (bicyclic) bond motifs is 1. The molecule has 1 aromatic carbocycles. The molecule has 2 nitrogen and oxygen atoms in total. The highest BCUT2D eigenvalue weighted by Crippen LogP contribution is 2.22. The standard InChI is InChI=1S/C9H8BrClN2/c1-5(11)9-12-7-3-2-6(10)4-8(7)13-9/h2-5H,1H3,(H,12,13)/t5-/m0/s1. The van der Waals surface area contributed by atoms with Crippen molar-refractivity contribution in [1.29, 1.82) is 0 Å². The highest BCUT2D eigenvalue weighted by molar-refractivity contribution is 9.10. The number of nitrogens with zero attached hydrogens (tertiary/aromatic N) is 1. The van der Waals surface area contributed by atoms with Gasteiger partial charge in [0.1, 0.15) is 5.82 Å². The molecule has 1 atom stereocenters. The van der Waals surface area contributed by atoms with E-state index < -0.39 is 0 Å². The molecule has 1 heterocycles. The summed E-state index contributed by atoms with van der Waals surface area (Å²) in [4.78, 5) is 7.51. The van der Waals surface area contributed by atoms with E-state index >= 15 is 0 Å². The summed E-state index contributed by atoms with van der Waals surface area (Å²) in [6.07, 6.45) is 0. The van der Waals surface area contributed by atoms with Crippen LogP contribution in [-0.4, -0.2) is 9.97 Å². The Labute approximate surface area is 89.4 Å². The van der Waals surface area contributed by atoms with E-state index in [2.05, 4.69) is 25.9 Å². The molecule has 2 aromatic rings. The van der Waals surface area contributed by atoms with Gasteiger partial charge in [-0.25, -0.2) is 4.98 Å². The molecule has 0 saturated heterocycles. The molecule has 1 N–H and O–H groups in total. The maximum absolute atomic E-state index is 5.91. The normalized spacial score (nSPS) is 13.5. The van der Waals surface area contributed by atoms with Gasteiger partial charge in [0, 0.05) is 4.47 Å². The molecule has 0 aliphatic rings. The molecule has 13 heavy (non-hydrogen) atoms. The minimum Gasteiger partial charge on any atom is -0.341 e. The lowest BCUT2D eigenvalue weighted by Crippen LogP contribution is -1.85. The minimum absolute atomic E-state index is 0.0776. The number of imidazole rings is 1. The van der Waals surface area contributed by atoms with Gasteiger partial charge in [0.15, 0.2) is 0 Å². The van der Waals surface area contributed by atoms with Crippen molar-refractivity contribution in [2.75, 3.05) is 0 Å². The van der Waals surface area contributed by atoms with Crippen LogP contribution >= 0.6 is 27.5 Å². The minimum atomic E-state index is -0.0776. The first-order valence-electron chi connectivity index (χ1n) is 3.96. The fourth-order valence-electron chi connectivity index (χ4n) is 1.19. The van der Waals surface area contributed by atoms with Crippen LogP contribution in [0.3, 0.4) is 0 Å². The van der Waals surface area contributed by atoms with Crippen LogP contribution in [0.5, 0.6) is 0 Å². The Bertz CT molecular complexity index is 436. The van der Waals surface area contributed by atoms with Gasteiger partial charge in [-0.3, -0.25) is 0 Å². The van der Waals surface area contributed by atoms with E-state index in [1.54, 1.807) is 0 Å². The third-order valence-corrected chi connectivity index (χ3v) is 2.54. The number of halogens is 2. The second kappa shape index (κ2) is 3.31. The van der Waals surface area contributed by atoms with Crippen molar-refractivity contribution in [3.05, 3.63) is 28.5 Å². The Balaban J connectivity index is 2.62. The lowest BCUT2D eigenvalue weighted by molar-refractivity contribution is 0.962. The molecule has 0 aliphatic heterocycles. The van der Waals surface area contributed by atoms with Gasteiger partial charge in [0.25, 0.3) is 0 Å². The molecule has 0 fully saturated rings. The van der Waals surface area contributed by atoms with E-state index in [4.69, 9.17) is 11.6 Å². The van der Waals surface area contributed by atoms with Crippen molar-refractivity contribution in [3.63, 3.8) is 0 Å². The Morgan fingerprint density at radius 1 is 1.54 bits per heavy atom. The molecule has 2 rings (SSSR count). The lowest BCUT2D eigenvalue weighted by atomic mass is 10.3. The van der Waals surface area contributed by atoms with Gasteiger partial charge in [-0.05, 0) is 25.1 Å². The Morgan fingerprint density at radius 2 is 2.31 bits per heavy atom. The molecular weight excluding hydrogens is 251 g/mol. The summed E-state index contributed by atoms with van der Waals surface area (Å²) in [6, 6.07) is 5.91. The summed E-state index contributed by atoms with van der Waals surface area (Å²) in [7, 11) is 0. The van der Waals surface area contributed by atoms with Crippen molar-refractivity contribution in [3.8, 4) is 0 Å². The second-order valence-electron chi connectivity index (χ2n) is 2.90. The predicted molar refractivity (Wildman–Crippen MR) is 58.1 cm³/mol. The maximum atomic E-state index is 5.91. The van der Waals surface area contributed by atoms with Gasteiger partial charge in [-0.1, -0.05) is 15.9 Å². The van der Waals surface area contributed by atoms with Crippen LogP contribution in [0.25, 0.3) is 11.0 Å². The fraction of sp³-hybridized carbons (Fsp3) is 0.222. The number of aromatic amines is 1. The Kier molecular flexibility index (Phi) is 2.30. The smallest absolute Gasteiger partial charge is 0.125 e. The van der Waals surface area contributed by atoms with E-state index in [0.29, 0.717) is 0 Å². The van der Waals surface area contributed by atoms with Gasteiger partial charge >= 0.3 is 0 Å². The van der Waals surface area contributed by atoms with Crippen molar-refractivity contribution < 1.29 is 0 Å². The van der Waals surface area contributed by atoms with Gasteiger partial charge in [-0.15, -0.1) is 11.6 Å². The number of aromatic nitrogens is 2. The molecule has 0 saturated carbocycles. The van der Waals surface area contributed by atoms with Crippen LogP contribution in [0.4, 0.5) is 0 Å². The average Bonchev–Trinajstić information content (AvgIpc) is 2.46. The van der Waals surface area contributed by atoms with Crippen LogP contribution in [0.15, 0.2) is 22.7 Å². The Hall–Kier alpha value is -0.540. The van der Waals surface area contributed by atoms with E-state index in [-0.39, 0.29) is 5.38 Å². The van der Waals surface area contributed by atoms with Gasteiger partial charge in [0.2, 0.25) is 0 Å². The molecule has 0 bridgehead atoms. The Morgan fingerprint density at radius 3 is 3.00 bits per heavy atom. The number of H-pyrrole nitrogens is 1.